The molecule has 1 atom stereocenters. The fourth-order valence-corrected chi connectivity index (χ4v) is 7.17. The van der Waals surface area contributed by atoms with E-state index in [2.05, 4.69) is 130 Å². The van der Waals surface area contributed by atoms with Crippen molar-refractivity contribution in [3.63, 3.8) is 0 Å². The molecule has 0 spiro atoms. The Morgan fingerprint density at radius 3 is 0.928 bits per heavy atom. The Bertz CT molecular complexity index is 1470. The number of rotatable bonds is 49. The monoisotopic (exact) mass is 955 g/mol. The average Bonchev–Trinajstić information content (AvgIpc) is 3.35. The van der Waals surface area contributed by atoms with Crippen molar-refractivity contribution in [3.8, 4) is 0 Å². The van der Waals surface area contributed by atoms with E-state index < -0.39 is 12.1 Å². The smallest absolute Gasteiger partial charge is 0.306 e. The van der Waals surface area contributed by atoms with Gasteiger partial charge in [-0.1, -0.05) is 213 Å². The van der Waals surface area contributed by atoms with Gasteiger partial charge in [-0.15, -0.1) is 0 Å². The second-order valence-corrected chi connectivity index (χ2v) is 18.1. The minimum Gasteiger partial charge on any atom is -0.462 e. The molecule has 0 unspecified atom stereocenters. The summed E-state index contributed by atoms with van der Waals surface area (Å²) in [5.41, 5.74) is 0. The van der Waals surface area contributed by atoms with Crippen LogP contribution in [0.3, 0.4) is 0 Å². The predicted molar refractivity (Wildman–Crippen MR) is 297 cm³/mol. The van der Waals surface area contributed by atoms with Gasteiger partial charge in [0, 0.05) is 19.3 Å². The molecule has 0 amide bonds. The van der Waals surface area contributed by atoms with E-state index in [0.29, 0.717) is 19.3 Å². The van der Waals surface area contributed by atoms with Crippen LogP contribution in [0, 0.1) is 0 Å². The normalized spacial score (nSPS) is 13.0. The summed E-state index contributed by atoms with van der Waals surface area (Å²) in [7, 11) is 0. The lowest BCUT2D eigenvalue weighted by Gasteiger charge is -2.18. The molecule has 0 aliphatic carbocycles. The van der Waals surface area contributed by atoms with Crippen LogP contribution in [0.4, 0.5) is 0 Å². The molecule has 0 saturated heterocycles. The van der Waals surface area contributed by atoms with E-state index in [4.69, 9.17) is 14.2 Å². The molecule has 0 aromatic rings. The molecule has 0 aromatic carbocycles. The van der Waals surface area contributed by atoms with Gasteiger partial charge in [-0.25, -0.2) is 0 Å². The predicted octanol–water partition coefficient (Wildman–Crippen LogP) is 18.9. The zero-order valence-electron chi connectivity index (χ0n) is 44.5. The molecule has 0 bridgehead atoms. The van der Waals surface area contributed by atoms with Crippen molar-refractivity contribution < 1.29 is 28.6 Å². The number of hydrogen-bond donors (Lipinski definition) is 0. The van der Waals surface area contributed by atoms with Gasteiger partial charge in [0.25, 0.3) is 0 Å². The molecular weight excluding hydrogens is 853 g/mol. The third-order valence-corrected chi connectivity index (χ3v) is 11.4. The van der Waals surface area contributed by atoms with Crippen molar-refractivity contribution in [2.75, 3.05) is 13.2 Å². The van der Waals surface area contributed by atoms with Crippen molar-refractivity contribution in [2.45, 2.75) is 245 Å². The molecule has 390 valence electrons. The molecule has 0 aliphatic rings. The largest absolute Gasteiger partial charge is 0.462 e. The Hall–Kier alpha value is -4.19. The van der Waals surface area contributed by atoms with Crippen molar-refractivity contribution in [2.24, 2.45) is 0 Å². The van der Waals surface area contributed by atoms with Crippen molar-refractivity contribution in [3.05, 3.63) is 122 Å². The number of carbonyl (C=O) groups excluding carboxylic acids is 3. The number of allylic oxidation sites excluding steroid dienone is 20. The van der Waals surface area contributed by atoms with E-state index in [1.54, 1.807) is 0 Å². The fourth-order valence-electron chi connectivity index (χ4n) is 7.17. The second-order valence-electron chi connectivity index (χ2n) is 18.1. The second kappa shape index (κ2) is 56.4. The molecule has 0 aromatic heterocycles. The molecular formula is C63H102O6. The highest BCUT2D eigenvalue weighted by atomic mass is 16.6. The average molecular weight is 956 g/mol. The van der Waals surface area contributed by atoms with Crippen LogP contribution >= 0.6 is 0 Å². The van der Waals surface area contributed by atoms with Gasteiger partial charge in [-0.3, -0.25) is 14.4 Å². The van der Waals surface area contributed by atoms with Crippen LogP contribution in [-0.2, 0) is 28.6 Å². The highest BCUT2D eigenvalue weighted by Crippen LogP contribution is 2.12. The van der Waals surface area contributed by atoms with Crippen molar-refractivity contribution in [1.82, 2.24) is 0 Å². The Labute approximate surface area is 424 Å². The van der Waals surface area contributed by atoms with Gasteiger partial charge in [-0.05, 0) is 128 Å². The molecule has 0 rings (SSSR count). The van der Waals surface area contributed by atoms with E-state index in [0.717, 1.165) is 103 Å². The first kappa shape index (κ1) is 64.8. The third-order valence-electron chi connectivity index (χ3n) is 11.4. The SMILES string of the molecule is CCCCC/C=C\C/C=C\C/C=C\C/C=C\C/C=C\CCC(=O)O[C@H](COC(=O)CCCCC/C=C\C/C=C\C/C=C\C/C=C\CCCCC)COC(=O)CCCCCCC/C=C\CCCCCC. The minimum absolute atomic E-state index is 0.125. The van der Waals surface area contributed by atoms with Gasteiger partial charge in [0.15, 0.2) is 6.10 Å². The Kier molecular flexibility index (Phi) is 53.0. The maximum Gasteiger partial charge on any atom is 0.306 e. The zero-order chi connectivity index (χ0) is 50.0. The first-order valence-electron chi connectivity index (χ1n) is 28.0. The van der Waals surface area contributed by atoms with Crippen LogP contribution < -0.4 is 0 Å². The molecule has 6 heteroatoms. The van der Waals surface area contributed by atoms with Crippen molar-refractivity contribution in [1.29, 1.82) is 0 Å². The highest BCUT2D eigenvalue weighted by molar-refractivity contribution is 5.71. The molecule has 0 N–H and O–H groups in total. The maximum atomic E-state index is 12.8. The molecule has 6 nitrogen and oxygen atoms in total. The maximum absolute atomic E-state index is 12.8. The zero-order valence-corrected chi connectivity index (χ0v) is 44.5. The minimum atomic E-state index is -0.838. The number of ether oxygens (including phenoxy) is 3. The van der Waals surface area contributed by atoms with E-state index >= 15 is 0 Å². The van der Waals surface area contributed by atoms with Gasteiger partial charge in [0.2, 0.25) is 0 Å². The van der Waals surface area contributed by atoms with Crippen molar-refractivity contribution >= 4 is 17.9 Å². The van der Waals surface area contributed by atoms with Gasteiger partial charge in [0.05, 0.1) is 0 Å². The van der Waals surface area contributed by atoms with Gasteiger partial charge < -0.3 is 14.2 Å². The highest BCUT2D eigenvalue weighted by Gasteiger charge is 2.19. The summed E-state index contributed by atoms with van der Waals surface area (Å²) in [6, 6.07) is 0. The molecule has 69 heavy (non-hydrogen) atoms. The van der Waals surface area contributed by atoms with Gasteiger partial charge in [0.1, 0.15) is 13.2 Å². The summed E-state index contributed by atoms with van der Waals surface area (Å²) < 4.78 is 16.7. The lowest BCUT2D eigenvalue weighted by Crippen LogP contribution is -2.30. The van der Waals surface area contributed by atoms with E-state index in [1.165, 1.54) is 89.9 Å². The van der Waals surface area contributed by atoms with Crippen LogP contribution in [0.2, 0.25) is 0 Å². The number of esters is 3. The molecule has 0 fully saturated rings. The Balaban J connectivity index is 4.58. The molecule has 0 radical (unpaired) electrons. The Morgan fingerprint density at radius 1 is 0.290 bits per heavy atom. The molecule has 0 aliphatic heterocycles. The fraction of sp³-hybridized carbons (Fsp3) is 0.635. The lowest BCUT2D eigenvalue weighted by atomic mass is 10.1. The van der Waals surface area contributed by atoms with Gasteiger partial charge in [-0.2, -0.15) is 0 Å². The summed E-state index contributed by atoms with van der Waals surface area (Å²) in [5.74, 6) is -1.05. The summed E-state index contributed by atoms with van der Waals surface area (Å²) in [6.45, 7) is 6.46. The van der Waals surface area contributed by atoms with Crippen LogP contribution in [0.1, 0.15) is 239 Å². The van der Waals surface area contributed by atoms with E-state index in [1.807, 2.05) is 12.2 Å². The number of carbonyl (C=O) groups is 3. The quantitative estimate of drug-likeness (QED) is 0.0262. The molecule has 0 heterocycles. The van der Waals surface area contributed by atoms with E-state index in [-0.39, 0.29) is 31.6 Å². The first-order chi connectivity index (χ1) is 34.0. The van der Waals surface area contributed by atoms with Crippen LogP contribution in [0.15, 0.2) is 122 Å². The number of unbranched alkanes of at least 4 members (excludes halogenated alkanes) is 18. The topological polar surface area (TPSA) is 78.9 Å². The molecule has 0 saturated carbocycles. The van der Waals surface area contributed by atoms with E-state index in [9.17, 15) is 14.4 Å². The first-order valence-corrected chi connectivity index (χ1v) is 28.0. The number of hydrogen-bond acceptors (Lipinski definition) is 6. The standard InChI is InChI=1S/C63H102O6/c1-4-7-10-13-16-19-22-25-27-29-31-33-35-38-41-44-47-50-53-56-62(65)68-59-60(58-67-61(64)55-52-49-46-43-40-37-24-21-18-15-12-9-6-3)69-63(66)57-54-51-48-45-42-39-36-34-32-30-28-26-23-20-17-14-11-8-5-2/h16-17,19-21,24-28,31-34,38-39,41-42,48,51,60H,4-15,18,22-23,29-30,35-37,40,43-47,49-50,52-59H2,1-3H3/b19-16-,20-17-,24-21-,27-25-,28-26-,33-31-,34-32-,41-38-,42-39-,51-48-/t60-/m0/s1. The van der Waals surface area contributed by atoms with Crippen LogP contribution in [-0.4, -0.2) is 37.2 Å². The third kappa shape index (κ3) is 54.6. The Morgan fingerprint density at radius 2 is 0.551 bits per heavy atom. The summed E-state index contributed by atoms with van der Waals surface area (Å²) in [4.78, 5) is 38.1. The summed E-state index contributed by atoms with van der Waals surface area (Å²) in [6.07, 6.45) is 77.6. The lowest BCUT2D eigenvalue weighted by molar-refractivity contribution is -0.166. The summed E-state index contributed by atoms with van der Waals surface area (Å²) >= 11 is 0. The summed E-state index contributed by atoms with van der Waals surface area (Å²) in [5, 5.41) is 0. The van der Waals surface area contributed by atoms with Crippen LogP contribution in [0.5, 0.6) is 0 Å². The van der Waals surface area contributed by atoms with Gasteiger partial charge >= 0.3 is 17.9 Å². The van der Waals surface area contributed by atoms with Crippen LogP contribution in [0.25, 0.3) is 0 Å².